The van der Waals surface area contributed by atoms with E-state index in [9.17, 15) is 0 Å². The Bertz CT molecular complexity index is 88.9. The van der Waals surface area contributed by atoms with E-state index < -0.39 is 0 Å². The monoisotopic (exact) mass is 155 g/mol. The molecule has 0 aliphatic heterocycles. The van der Waals surface area contributed by atoms with Gasteiger partial charge in [-0.1, -0.05) is 25.8 Å². The van der Waals surface area contributed by atoms with Crippen molar-refractivity contribution in [1.29, 1.82) is 0 Å². The summed E-state index contributed by atoms with van der Waals surface area (Å²) in [6, 6.07) is 0. The second kappa shape index (κ2) is 7.80. The molecule has 2 N–H and O–H groups in total. The third kappa shape index (κ3) is 6.11. The van der Waals surface area contributed by atoms with E-state index in [1.54, 1.807) is 0 Å². The average molecular weight is 155 g/mol. The highest BCUT2D eigenvalue weighted by molar-refractivity contribution is 4.70. The van der Waals surface area contributed by atoms with Crippen molar-refractivity contribution in [2.75, 3.05) is 6.54 Å². The Balaban J connectivity index is 3.32. The summed E-state index contributed by atoms with van der Waals surface area (Å²) in [4.78, 5) is 0. The minimum absolute atomic E-state index is 0.730. The topological polar surface area (TPSA) is 26.0 Å². The first-order valence-corrected chi connectivity index (χ1v) is 4.66. The van der Waals surface area contributed by atoms with Crippen LogP contribution in [0.25, 0.3) is 0 Å². The Hall–Kier alpha value is -0.300. The number of nitrogens with two attached hydrogens (primary N) is 1. The van der Waals surface area contributed by atoms with E-state index in [0.29, 0.717) is 0 Å². The lowest BCUT2D eigenvalue weighted by molar-refractivity contribution is 0.447. The molecule has 1 heteroatoms. The van der Waals surface area contributed by atoms with E-state index in [1.807, 2.05) is 6.08 Å². The Labute approximate surface area is 70.7 Å². The second-order valence-corrected chi connectivity index (χ2v) is 3.11. The largest absolute Gasteiger partial charge is 0.330 e. The molecule has 1 atom stereocenters. The number of allylic oxidation sites excluding steroid dienone is 1. The molecule has 0 rings (SSSR count). The van der Waals surface area contributed by atoms with Crippen LogP contribution in [0.15, 0.2) is 12.7 Å². The summed E-state index contributed by atoms with van der Waals surface area (Å²) in [5.41, 5.74) is 5.62. The zero-order valence-electron chi connectivity index (χ0n) is 7.68. The van der Waals surface area contributed by atoms with E-state index in [0.717, 1.165) is 18.9 Å². The molecule has 1 unspecified atom stereocenters. The first kappa shape index (κ1) is 10.7. The van der Waals surface area contributed by atoms with Crippen LogP contribution in [0, 0.1) is 5.92 Å². The van der Waals surface area contributed by atoms with Gasteiger partial charge in [0.1, 0.15) is 0 Å². The molecule has 0 radical (unpaired) electrons. The molecule has 11 heavy (non-hydrogen) atoms. The van der Waals surface area contributed by atoms with E-state index in [-0.39, 0.29) is 0 Å². The fourth-order valence-electron chi connectivity index (χ4n) is 1.23. The van der Waals surface area contributed by atoms with Gasteiger partial charge >= 0.3 is 0 Å². The normalized spacial score (nSPS) is 12.9. The van der Waals surface area contributed by atoms with E-state index >= 15 is 0 Å². The Morgan fingerprint density at radius 1 is 1.45 bits per heavy atom. The van der Waals surface area contributed by atoms with Crippen LogP contribution in [0.3, 0.4) is 0 Å². The molecule has 0 fully saturated rings. The highest BCUT2D eigenvalue weighted by Gasteiger charge is 2.03. The molecule has 0 aromatic heterocycles. The molecule has 0 saturated heterocycles. The highest BCUT2D eigenvalue weighted by Crippen LogP contribution is 2.13. The minimum Gasteiger partial charge on any atom is -0.330 e. The quantitative estimate of drug-likeness (QED) is 0.562. The maximum absolute atomic E-state index is 5.62. The maximum Gasteiger partial charge on any atom is -0.00488 e. The second-order valence-electron chi connectivity index (χ2n) is 3.11. The first-order valence-electron chi connectivity index (χ1n) is 4.66. The van der Waals surface area contributed by atoms with Crippen molar-refractivity contribution in [3.05, 3.63) is 12.7 Å². The SMILES string of the molecule is C=CCCC(CN)CCCC. The molecule has 0 aromatic carbocycles. The lowest BCUT2D eigenvalue weighted by atomic mass is 9.97. The number of hydrogen-bond acceptors (Lipinski definition) is 1. The van der Waals surface area contributed by atoms with Gasteiger partial charge in [0.05, 0.1) is 0 Å². The van der Waals surface area contributed by atoms with E-state index in [1.165, 1.54) is 25.7 Å². The van der Waals surface area contributed by atoms with Gasteiger partial charge in [0.2, 0.25) is 0 Å². The highest BCUT2D eigenvalue weighted by atomic mass is 14.5. The molecule has 0 heterocycles. The molecule has 0 bridgehead atoms. The molecule has 1 nitrogen and oxygen atoms in total. The summed E-state index contributed by atoms with van der Waals surface area (Å²) in [7, 11) is 0. The molecule has 66 valence electrons. The molecule has 0 aliphatic carbocycles. The van der Waals surface area contributed by atoms with Gasteiger partial charge in [0.25, 0.3) is 0 Å². The van der Waals surface area contributed by atoms with Gasteiger partial charge in [0.15, 0.2) is 0 Å². The smallest absolute Gasteiger partial charge is 0.00488 e. The Morgan fingerprint density at radius 3 is 2.64 bits per heavy atom. The third-order valence-electron chi connectivity index (χ3n) is 2.08. The molecule has 0 saturated carbocycles. The van der Waals surface area contributed by atoms with Gasteiger partial charge in [-0.05, 0) is 31.7 Å². The van der Waals surface area contributed by atoms with Crippen molar-refractivity contribution in [1.82, 2.24) is 0 Å². The van der Waals surface area contributed by atoms with Gasteiger partial charge in [-0.3, -0.25) is 0 Å². The molecular weight excluding hydrogens is 134 g/mol. The molecule has 0 amide bonds. The van der Waals surface area contributed by atoms with Gasteiger partial charge in [0, 0.05) is 0 Å². The zero-order chi connectivity index (χ0) is 8.53. The maximum atomic E-state index is 5.62. The lowest BCUT2D eigenvalue weighted by Gasteiger charge is -2.11. The molecular formula is C10H21N. The van der Waals surface area contributed by atoms with Crippen LogP contribution in [-0.4, -0.2) is 6.54 Å². The third-order valence-corrected chi connectivity index (χ3v) is 2.08. The Kier molecular flexibility index (Phi) is 7.59. The molecule has 0 aromatic rings. The number of hydrogen-bond donors (Lipinski definition) is 1. The summed E-state index contributed by atoms with van der Waals surface area (Å²) >= 11 is 0. The van der Waals surface area contributed by atoms with Gasteiger partial charge < -0.3 is 5.73 Å². The number of unbranched alkanes of at least 4 members (excludes halogenated alkanes) is 1. The fourth-order valence-corrected chi connectivity index (χ4v) is 1.23. The summed E-state index contributed by atoms with van der Waals surface area (Å²) in [6.45, 7) is 6.77. The van der Waals surface area contributed by atoms with Crippen LogP contribution >= 0.6 is 0 Å². The zero-order valence-corrected chi connectivity index (χ0v) is 7.68. The van der Waals surface area contributed by atoms with Crippen LogP contribution < -0.4 is 5.73 Å². The van der Waals surface area contributed by atoms with Crippen LogP contribution in [0.1, 0.15) is 39.0 Å². The lowest BCUT2D eigenvalue weighted by Crippen LogP contribution is -2.13. The Morgan fingerprint density at radius 2 is 2.18 bits per heavy atom. The van der Waals surface area contributed by atoms with Crippen LogP contribution in [-0.2, 0) is 0 Å². The van der Waals surface area contributed by atoms with E-state index in [2.05, 4.69) is 13.5 Å². The summed E-state index contributed by atoms with van der Waals surface area (Å²) < 4.78 is 0. The van der Waals surface area contributed by atoms with Crippen molar-refractivity contribution in [2.45, 2.75) is 39.0 Å². The van der Waals surface area contributed by atoms with Crippen molar-refractivity contribution in [3.63, 3.8) is 0 Å². The first-order chi connectivity index (χ1) is 5.35. The fraction of sp³-hybridized carbons (Fsp3) is 0.800. The van der Waals surface area contributed by atoms with Crippen LogP contribution in [0.2, 0.25) is 0 Å². The summed E-state index contributed by atoms with van der Waals surface area (Å²) in [5.74, 6) is 0.730. The minimum atomic E-state index is 0.730. The summed E-state index contributed by atoms with van der Waals surface area (Å²) in [6.07, 6.45) is 8.21. The predicted octanol–water partition coefficient (Wildman–Crippen LogP) is 2.72. The standard InChI is InChI=1S/C10H21N/c1-3-5-7-10(9-11)8-6-4-2/h3,10H,1,4-9,11H2,2H3. The van der Waals surface area contributed by atoms with E-state index in [4.69, 9.17) is 5.73 Å². The van der Waals surface area contributed by atoms with Crippen molar-refractivity contribution >= 4 is 0 Å². The molecule has 0 aliphatic rings. The molecule has 0 spiro atoms. The van der Waals surface area contributed by atoms with Gasteiger partial charge in [-0.2, -0.15) is 0 Å². The van der Waals surface area contributed by atoms with Crippen LogP contribution in [0.4, 0.5) is 0 Å². The van der Waals surface area contributed by atoms with Crippen molar-refractivity contribution < 1.29 is 0 Å². The van der Waals surface area contributed by atoms with Crippen molar-refractivity contribution in [3.8, 4) is 0 Å². The average Bonchev–Trinajstić information content (AvgIpc) is 2.05. The van der Waals surface area contributed by atoms with Gasteiger partial charge in [-0.15, -0.1) is 6.58 Å². The van der Waals surface area contributed by atoms with Crippen LogP contribution in [0.5, 0.6) is 0 Å². The van der Waals surface area contributed by atoms with Crippen molar-refractivity contribution in [2.24, 2.45) is 11.7 Å². The summed E-state index contributed by atoms with van der Waals surface area (Å²) in [5, 5.41) is 0. The number of rotatable bonds is 7. The van der Waals surface area contributed by atoms with Gasteiger partial charge in [-0.25, -0.2) is 0 Å². The predicted molar refractivity (Wildman–Crippen MR) is 51.5 cm³/mol.